The molecule has 0 saturated carbocycles. The van der Waals surface area contributed by atoms with Crippen LogP contribution < -0.4 is 15.4 Å². The van der Waals surface area contributed by atoms with Crippen LogP contribution in [-0.2, 0) is 26.6 Å². The average Bonchev–Trinajstić information content (AvgIpc) is 3.03. The molecule has 2 aromatic heterocycles. The molecule has 1 aromatic carbocycles. The number of ether oxygens (including phenoxy) is 1. The minimum atomic E-state index is 0. The van der Waals surface area contributed by atoms with Crippen LogP contribution in [0.4, 0.5) is 0 Å². The Labute approximate surface area is 214 Å². The summed E-state index contributed by atoms with van der Waals surface area (Å²) < 4.78 is 7.91. The lowest BCUT2D eigenvalue weighted by atomic mass is 10.1. The topological polar surface area (TPSA) is 76.4 Å². The molecule has 0 spiro atoms. The molecule has 0 aliphatic carbocycles. The van der Waals surface area contributed by atoms with Crippen LogP contribution in [0.25, 0.3) is 0 Å². The summed E-state index contributed by atoms with van der Waals surface area (Å²) in [5, 5.41) is 11.4. The highest BCUT2D eigenvalue weighted by atomic mass is 127. The Bertz CT molecular complexity index is 1030. The summed E-state index contributed by atoms with van der Waals surface area (Å²) in [5.41, 5.74) is 5.63. The van der Waals surface area contributed by atoms with Crippen LogP contribution in [0.2, 0.25) is 0 Å². The van der Waals surface area contributed by atoms with Crippen molar-refractivity contribution in [1.82, 2.24) is 25.4 Å². The molecule has 1 unspecified atom stereocenters. The monoisotopic (exact) mass is 562 g/mol. The lowest BCUT2D eigenvalue weighted by Crippen LogP contribution is -2.43. The first-order valence-corrected chi connectivity index (χ1v) is 11.1. The van der Waals surface area contributed by atoms with E-state index in [-0.39, 0.29) is 30.0 Å². The van der Waals surface area contributed by atoms with Crippen molar-refractivity contribution in [3.63, 3.8) is 0 Å². The SMILES string of the molecule is CCNC(=NCc1cccnc1OCc1ccccc1)NC(C)Cc1c(C)nn(C)c1C.I. The number of rotatable bonds is 9. The van der Waals surface area contributed by atoms with Crippen molar-refractivity contribution >= 4 is 29.9 Å². The first-order chi connectivity index (χ1) is 15.5. The van der Waals surface area contributed by atoms with Crippen LogP contribution in [0.5, 0.6) is 5.88 Å². The first kappa shape index (κ1) is 26.6. The fraction of sp³-hybridized carbons (Fsp3) is 0.400. The van der Waals surface area contributed by atoms with Gasteiger partial charge in [-0.1, -0.05) is 36.4 Å². The zero-order valence-corrected chi connectivity index (χ0v) is 22.5. The highest BCUT2D eigenvalue weighted by Crippen LogP contribution is 2.17. The van der Waals surface area contributed by atoms with E-state index in [4.69, 9.17) is 9.73 Å². The van der Waals surface area contributed by atoms with E-state index < -0.39 is 0 Å². The van der Waals surface area contributed by atoms with E-state index in [2.05, 4.69) is 48.4 Å². The van der Waals surface area contributed by atoms with Crippen molar-refractivity contribution < 1.29 is 4.74 Å². The van der Waals surface area contributed by atoms with E-state index in [0.29, 0.717) is 19.0 Å². The van der Waals surface area contributed by atoms with Gasteiger partial charge in [0.05, 0.1) is 12.2 Å². The Morgan fingerprint density at radius 2 is 1.91 bits per heavy atom. The minimum absolute atomic E-state index is 0. The van der Waals surface area contributed by atoms with E-state index in [0.717, 1.165) is 35.7 Å². The van der Waals surface area contributed by atoms with Crippen LogP contribution in [0, 0.1) is 13.8 Å². The van der Waals surface area contributed by atoms with Crippen LogP contribution in [-0.4, -0.2) is 33.3 Å². The molecule has 0 aliphatic rings. The van der Waals surface area contributed by atoms with E-state index in [1.54, 1.807) is 6.20 Å². The number of guanidine groups is 1. The molecule has 3 aromatic rings. The Morgan fingerprint density at radius 3 is 2.58 bits per heavy atom. The molecule has 0 radical (unpaired) electrons. The van der Waals surface area contributed by atoms with Crippen LogP contribution in [0.3, 0.4) is 0 Å². The van der Waals surface area contributed by atoms with Gasteiger partial charge in [-0.25, -0.2) is 9.98 Å². The van der Waals surface area contributed by atoms with Crippen LogP contribution >= 0.6 is 24.0 Å². The molecule has 7 nitrogen and oxygen atoms in total. The standard InChI is InChI=1S/C25H34N6O.HI/c1-6-26-25(29-18(2)15-23-19(3)30-31(5)20(23)4)28-16-22-13-10-14-27-24(22)32-17-21-11-8-7-9-12-21;/h7-14,18H,6,15-17H2,1-5H3,(H2,26,28,29);1H. The lowest BCUT2D eigenvalue weighted by Gasteiger charge is -2.18. The molecule has 0 amide bonds. The van der Waals surface area contributed by atoms with E-state index >= 15 is 0 Å². The molecule has 33 heavy (non-hydrogen) atoms. The Morgan fingerprint density at radius 1 is 1.15 bits per heavy atom. The highest BCUT2D eigenvalue weighted by Gasteiger charge is 2.14. The Kier molecular flexibility index (Phi) is 10.6. The van der Waals surface area contributed by atoms with E-state index in [9.17, 15) is 0 Å². The largest absolute Gasteiger partial charge is 0.473 e. The molecule has 1 atom stereocenters. The van der Waals surface area contributed by atoms with Gasteiger partial charge in [0.15, 0.2) is 5.96 Å². The fourth-order valence-electron chi connectivity index (χ4n) is 3.59. The van der Waals surface area contributed by atoms with Gasteiger partial charge in [-0.15, -0.1) is 24.0 Å². The molecule has 3 rings (SSSR count). The molecule has 8 heteroatoms. The smallest absolute Gasteiger partial charge is 0.218 e. The number of hydrogen-bond donors (Lipinski definition) is 2. The summed E-state index contributed by atoms with van der Waals surface area (Å²) in [4.78, 5) is 9.20. The molecular weight excluding hydrogens is 527 g/mol. The minimum Gasteiger partial charge on any atom is -0.473 e. The molecule has 2 heterocycles. The van der Waals surface area contributed by atoms with Crippen molar-refractivity contribution in [2.24, 2.45) is 12.0 Å². The third-order valence-corrected chi connectivity index (χ3v) is 5.37. The normalized spacial score (nSPS) is 12.1. The van der Waals surface area contributed by atoms with E-state index in [1.165, 1.54) is 11.3 Å². The maximum atomic E-state index is 5.97. The predicted octanol–water partition coefficient (Wildman–Crippen LogP) is 4.32. The van der Waals surface area contributed by atoms with Gasteiger partial charge in [0.1, 0.15) is 6.61 Å². The third-order valence-electron chi connectivity index (χ3n) is 5.37. The molecule has 0 bridgehead atoms. The second-order valence-corrected chi connectivity index (χ2v) is 7.96. The molecule has 2 N–H and O–H groups in total. The van der Waals surface area contributed by atoms with E-state index in [1.807, 2.05) is 54.2 Å². The number of pyridine rings is 1. The number of aliphatic imine (C=N–C) groups is 1. The van der Waals surface area contributed by atoms with Crippen molar-refractivity contribution in [2.45, 2.75) is 53.3 Å². The quantitative estimate of drug-likeness (QED) is 0.231. The maximum absolute atomic E-state index is 5.97. The second-order valence-electron chi connectivity index (χ2n) is 7.96. The number of nitrogens with zero attached hydrogens (tertiary/aromatic N) is 4. The summed E-state index contributed by atoms with van der Waals surface area (Å²) in [6.45, 7) is 10.1. The maximum Gasteiger partial charge on any atom is 0.218 e. The summed E-state index contributed by atoms with van der Waals surface area (Å²) >= 11 is 0. The van der Waals surface area contributed by atoms with Crippen molar-refractivity contribution in [3.8, 4) is 5.88 Å². The van der Waals surface area contributed by atoms with Gasteiger partial charge in [-0.3, -0.25) is 4.68 Å². The second kappa shape index (κ2) is 13.2. The number of benzene rings is 1. The Balaban J connectivity index is 0.00000385. The number of hydrogen-bond acceptors (Lipinski definition) is 4. The number of aromatic nitrogens is 3. The average molecular weight is 563 g/mol. The zero-order chi connectivity index (χ0) is 22.9. The third kappa shape index (κ3) is 7.73. The van der Waals surface area contributed by atoms with Gasteiger partial charge in [0.25, 0.3) is 0 Å². The van der Waals surface area contributed by atoms with Gasteiger partial charge < -0.3 is 15.4 Å². The van der Waals surface area contributed by atoms with Crippen molar-refractivity contribution in [1.29, 1.82) is 0 Å². The van der Waals surface area contributed by atoms with Crippen molar-refractivity contribution in [2.75, 3.05) is 6.54 Å². The Hall–Kier alpha value is -2.62. The van der Waals surface area contributed by atoms with Gasteiger partial charge >= 0.3 is 0 Å². The summed E-state index contributed by atoms with van der Waals surface area (Å²) in [6.07, 6.45) is 2.63. The molecule has 0 saturated heterocycles. The van der Waals surface area contributed by atoms with Gasteiger partial charge in [-0.2, -0.15) is 5.10 Å². The number of nitrogens with one attached hydrogen (secondary N) is 2. The van der Waals surface area contributed by atoms with Crippen LogP contribution in [0.1, 0.15) is 41.9 Å². The summed E-state index contributed by atoms with van der Waals surface area (Å²) in [6, 6.07) is 14.2. The molecule has 0 fully saturated rings. The van der Waals surface area contributed by atoms with Crippen LogP contribution in [0.15, 0.2) is 53.7 Å². The fourth-order valence-corrected chi connectivity index (χ4v) is 3.59. The predicted molar refractivity (Wildman–Crippen MR) is 144 cm³/mol. The molecular formula is C25H35IN6O. The first-order valence-electron chi connectivity index (χ1n) is 11.1. The van der Waals surface area contributed by atoms with Gasteiger partial charge in [-0.05, 0) is 51.3 Å². The van der Waals surface area contributed by atoms with Gasteiger partial charge in [0.2, 0.25) is 5.88 Å². The molecule has 0 aliphatic heterocycles. The number of aryl methyl sites for hydroxylation is 2. The van der Waals surface area contributed by atoms with Gasteiger partial charge in [0, 0.05) is 37.1 Å². The molecule has 178 valence electrons. The van der Waals surface area contributed by atoms with Crippen molar-refractivity contribution in [3.05, 3.63) is 76.7 Å². The summed E-state index contributed by atoms with van der Waals surface area (Å²) in [5.74, 6) is 1.39. The summed E-state index contributed by atoms with van der Waals surface area (Å²) in [7, 11) is 1.99. The lowest BCUT2D eigenvalue weighted by molar-refractivity contribution is 0.290. The number of halogens is 1. The highest BCUT2D eigenvalue weighted by molar-refractivity contribution is 14.0. The zero-order valence-electron chi connectivity index (χ0n) is 20.1.